The lowest BCUT2D eigenvalue weighted by Gasteiger charge is -2.29. The molecule has 4 rings (SSSR count). The number of hydrogen-bond acceptors (Lipinski definition) is 5. The minimum absolute atomic E-state index is 0.0543. The van der Waals surface area contributed by atoms with Crippen molar-refractivity contribution in [1.29, 1.82) is 0 Å². The third kappa shape index (κ3) is 4.42. The molecule has 0 atom stereocenters. The third-order valence-corrected chi connectivity index (χ3v) is 4.64. The van der Waals surface area contributed by atoms with Crippen LogP contribution in [0, 0.1) is 0 Å². The van der Waals surface area contributed by atoms with E-state index in [1.807, 2.05) is 0 Å². The molecule has 0 bridgehead atoms. The largest absolute Gasteiger partial charge is 0.453 e. The van der Waals surface area contributed by atoms with Crippen molar-refractivity contribution in [2.24, 2.45) is 0 Å². The molecule has 0 spiro atoms. The highest BCUT2D eigenvalue weighted by Gasteiger charge is 2.34. The Bertz CT molecular complexity index is 1110. The summed E-state index contributed by atoms with van der Waals surface area (Å²) in [6.07, 6.45) is -4.94. The predicted octanol–water partition coefficient (Wildman–Crippen LogP) is 4.97. The maximum Gasteiger partial charge on any atom is 0.417 e. The van der Waals surface area contributed by atoms with Crippen molar-refractivity contribution >= 4 is 6.09 Å². The number of carbonyl (C=O) groups excluding carboxylic acids is 1. The fourth-order valence-electron chi connectivity index (χ4n) is 3.27. The number of fused-ring (bicyclic) bond motifs is 1. The first-order valence-corrected chi connectivity index (χ1v) is 9.70. The van der Waals surface area contributed by atoms with Crippen molar-refractivity contribution in [3.8, 4) is 22.9 Å². The van der Waals surface area contributed by atoms with Crippen molar-refractivity contribution in [2.75, 3.05) is 6.54 Å². The van der Waals surface area contributed by atoms with Crippen LogP contribution in [0.2, 0.25) is 0 Å². The molecule has 1 aliphatic heterocycles. The van der Waals surface area contributed by atoms with Crippen LogP contribution < -0.4 is 0 Å². The second-order valence-corrected chi connectivity index (χ2v) is 8.18. The van der Waals surface area contributed by atoms with Gasteiger partial charge < -0.3 is 9.15 Å². The zero-order chi connectivity index (χ0) is 22.4. The first-order chi connectivity index (χ1) is 14.5. The molecule has 3 aromatic rings. The van der Waals surface area contributed by atoms with Crippen LogP contribution in [0.25, 0.3) is 22.9 Å². The number of ether oxygens (including phenoxy) is 1. The summed E-state index contributed by atoms with van der Waals surface area (Å²) in [4.78, 5) is 18.3. The van der Waals surface area contributed by atoms with Gasteiger partial charge in [-0.1, -0.05) is 18.2 Å². The van der Waals surface area contributed by atoms with Gasteiger partial charge in [-0.15, -0.1) is 5.10 Å². The molecule has 1 aliphatic rings. The van der Waals surface area contributed by atoms with Crippen molar-refractivity contribution in [2.45, 2.75) is 45.6 Å². The van der Waals surface area contributed by atoms with Gasteiger partial charge in [-0.2, -0.15) is 13.2 Å². The van der Waals surface area contributed by atoms with Crippen molar-refractivity contribution in [3.05, 3.63) is 47.8 Å². The fraction of sp³-hybridized carbons (Fsp3) is 0.381. The van der Waals surface area contributed by atoms with Crippen LogP contribution in [-0.2, 0) is 24.0 Å². The van der Waals surface area contributed by atoms with E-state index in [1.54, 1.807) is 25.5 Å². The number of hydrogen-bond donors (Lipinski definition) is 0. The number of rotatable bonds is 2. The maximum atomic E-state index is 13.3. The smallest absolute Gasteiger partial charge is 0.417 e. The molecule has 0 aliphatic carbocycles. The number of furan rings is 1. The first kappa shape index (κ1) is 21.0. The second kappa shape index (κ2) is 7.44. The lowest BCUT2D eigenvalue weighted by atomic mass is 10.1. The van der Waals surface area contributed by atoms with Gasteiger partial charge in [0, 0.05) is 12.1 Å². The van der Waals surface area contributed by atoms with Gasteiger partial charge in [0.15, 0.2) is 5.76 Å². The zero-order valence-corrected chi connectivity index (χ0v) is 17.2. The molecule has 10 heteroatoms. The van der Waals surface area contributed by atoms with Crippen molar-refractivity contribution in [1.82, 2.24) is 19.7 Å². The van der Waals surface area contributed by atoms with E-state index >= 15 is 0 Å². The van der Waals surface area contributed by atoms with Gasteiger partial charge in [0.25, 0.3) is 0 Å². The van der Waals surface area contributed by atoms with E-state index in [4.69, 9.17) is 9.15 Å². The first-order valence-electron chi connectivity index (χ1n) is 9.70. The number of aromatic nitrogens is 3. The lowest BCUT2D eigenvalue weighted by molar-refractivity contribution is -0.137. The van der Waals surface area contributed by atoms with E-state index in [2.05, 4.69) is 10.1 Å². The van der Waals surface area contributed by atoms with Gasteiger partial charge in [0.2, 0.25) is 5.82 Å². The van der Waals surface area contributed by atoms with Gasteiger partial charge >= 0.3 is 12.3 Å². The molecule has 0 unspecified atom stereocenters. The van der Waals surface area contributed by atoms with E-state index in [0.717, 1.165) is 6.07 Å². The van der Waals surface area contributed by atoms with Crippen LogP contribution in [0.4, 0.5) is 18.0 Å². The topological polar surface area (TPSA) is 73.4 Å². The molecule has 3 heterocycles. The Morgan fingerprint density at radius 3 is 2.48 bits per heavy atom. The fourth-order valence-corrected chi connectivity index (χ4v) is 3.27. The van der Waals surface area contributed by atoms with Crippen molar-refractivity contribution in [3.63, 3.8) is 0 Å². The quantitative estimate of drug-likeness (QED) is 0.569. The average molecular weight is 434 g/mol. The van der Waals surface area contributed by atoms with Crippen LogP contribution in [-0.4, -0.2) is 37.9 Å². The van der Waals surface area contributed by atoms with Gasteiger partial charge in [0.05, 0.1) is 18.7 Å². The molecule has 0 saturated carbocycles. The van der Waals surface area contributed by atoms with Crippen LogP contribution in [0.1, 0.15) is 32.2 Å². The molecular weight excluding hydrogens is 413 g/mol. The minimum Gasteiger partial charge on any atom is -0.453 e. The van der Waals surface area contributed by atoms with E-state index < -0.39 is 23.4 Å². The van der Waals surface area contributed by atoms with Crippen LogP contribution in [0.3, 0.4) is 0 Å². The van der Waals surface area contributed by atoms with Crippen LogP contribution in [0.15, 0.2) is 40.8 Å². The minimum atomic E-state index is -4.50. The average Bonchev–Trinajstić information content (AvgIpc) is 3.32. The van der Waals surface area contributed by atoms with Crippen molar-refractivity contribution < 1.29 is 27.1 Å². The predicted molar refractivity (Wildman–Crippen MR) is 105 cm³/mol. The summed E-state index contributed by atoms with van der Waals surface area (Å²) >= 11 is 0. The normalized spacial score (nSPS) is 14.5. The number of carbonyl (C=O) groups is 1. The number of alkyl halides is 3. The molecule has 0 saturated heterocycles. The Labute approximate surface area is 176 Å². The lowest BCUT2D eigenvalue weighted by Crippen LogP contribution is -2.41. The summed E-state index contributed by atoms with van der Waals surface area (Å²) in [6.45, 7) is 6.42. The van der Waals surface area contributed by atoms with Gasteiger partial charge in [-0.05, 0) is 39.0 Å². The number of nitrogens with zero attached hydrogens (tertiary/aromatic N) is 4. The summed E-state index contributed by atoms with van der Waals surface area (Å²) < 4.78 is 52.6. The molecular formula is C21H21F3N4O3. The molecule has 0 radical (unpaired) electrons. The third-order valence-electron chi connectivity index (χ3n) is 4.64. The number of benzene rings is 1. The Kier molecular flexibility index (Phi) is 5.03. The summed E-state index contributed by atoms with van der Waals surface area (Å²) in [7, 11) is 0. The molecule has 164 valence electrons. The standard InChI is InChI=1S/C21H21F3N4O3/c1-20(2,3)31-19(29)27-10-11-28-17(12-27)25-18(26-28)16-9-8-15(30-16)13-6-4-5-7-14(13)21(22,23)24/h4-9H,10-12H2,1-3H3. The highest BCUT2D eigenvalue weighted by atomic mass is 19.4. The number of halogens is 3. The monoisotopic (exact) mass is 434 g/mol. The molecule has 2 aromatic heterocycles. The Morgan fingerprint density at radius 2 is 1.77 bits per heavy atom. The zero-order valence-electron chi connectivity index (χ0n) is 17.2. The van der Waals surface area contributed by atoms with Gasteiger partial charge in [-0.3, -0.25) is 4.90 Å². The van der Waals surface area contributed by atoms with Crippen LogP contribution in [0.5, 0.6) is 0 Å². The summed E-state index contributed by atoms with van der Waals surface area (Å²) in [5, 5.41) is 4.38. The molecule has 0 N–H and O–H groups in total. The summed E-state index contributed by atoms with van der Waals surface area (Å²) in [5.74, 6) is 1.11. The van der Waals surface area contributed by atoms with Crippen LogP contribution >= 0.6 is 0 Å². The summed E-state index contributed by atoms with van der Waals surface area (Å²) in [6, 6.07) is 8.22. The van der Waals surface area contributed by atoms with Gasteiger partial charge in [0.1, 0.15) is 17.2 Å². The van der Waals surface area contributed by atoms with E-state index in [1.165, 1.54) is 35.2 Å². The van der Waals surface area contributed by atoms with E-state index in [0.29, 0.717) is 18.9 Å². The maximum absolute atomic E-state index is 13.3. The highest BCUT2D eigenvalue weighted by molar-refractivity contribution is 5.68. The molecule has 7 nitrogen and oxygen atoms in total. The van der Waals surface area contributed by atoms with Gasteiger partial charge in [-0.25, -0.2) is 14.5 Å². The Hall–Kier alpha value is -3.30. The molecule has 31 heavy (non-hydrogen) atoms. The molecule has 0 fully saturated rings. The summed E-state index contributed by atoms with van der Waals surface area (Å²) in [5.41, 5.74) is -1.44. The Morgan fingerprint density at radius 1 is 1.06 bits per heavy atom. The highest BCUT2D eigenvalue weighted by Crippen LogP contribution is 2.38. The Balaban J connectivity index is 1.57. The number of amides is 1. The van der Waals surface area contributed by atoms with E-state index in [-0.39, 0.29) is 29.5 Å². The second-order valence-electron chi connectivity index (χ2n) is 8.18. The van der Waals surface area contributed by atoms with E-state index in [9.17, 15) is 18.0 Å². The SMILES string of the molecule is CC(C)(C)OC(=O)N1CCn2nc(-c3ccc(-c4ccccc4C(F)(F)F)o3)nc2C1. The molecule has 1 amide bonds. The molecule has 1 aromatic carbocycles.